The molecule has 0 spiro atoms. The molecule has 1 aromatic heterocycles. The van der Waals surface area contributed by atoms with Gasteiger partial charge in [0.05, 0.1) is 15.5 Å². The third-order valence-corrected chi connectivity index (χ3v) is 4.63. The Morgan fingerprint density at radius 2 is 1.90 bits per heavy atom. The minimum atomic E-state index is -0.960. The number of nitriles is 1. The number of nitro groups is 2. The molecule has 9 nitrogen and oxygen atoms in total. The first kappa shape index (κ1) is 19.6. The molecule has 2 aromatic carbocycles. The fourth-order valence-electron chi connectivity index (χ4n) is 2.32. The lowest BCUT2D eigenvalue weighted by Gasteiger charge is -2.02. The standard InChI is InChI=1S/C18H10FN5O4S/c19-15-6-3-13(7-17(15)24(27)28)21-9-12(8-20)18-22-16(10-29-18)11-1-4-14(5-2-11)23(25)26/h1-7,9-10,21H/b12-9-. The summed E-state index contributed by atoms with van der Waals surface area (Å²) in [6, 6.07) is 11.1. The minimum Gasteiger partial charge on any atom is -0.360 e. The lowest BCUT2D eigenvalue weighted by molar-refractivity contribution is -0.387. The molecule has 0 unspecified atom stereocenters. The molecule has 29 heavy (non-hydrogen) atoms. The zero-order chi connectivity index (χ0) is 21.0. The third kappa shape index (κ3) is 4.40. The number of benzene rings is 2. The Bertz CT molecular complexity index is 1170. The Hall–Kier alpha value is -4.17. The number of hydrogen-bond acceptors (Lipinski definition) is 8. The van der Waals surface area contributed by atoms with Gasteiger partial charge in [0, 0.05) is 41.0 Å². The molecule has 3 rings (SSSR count). The first-order valence-corrected chi connectivity index (χ1v) is 8.78. The number of thiazole rings is 1. The quantitative estimate of drug-likeness (QED) is 0.351. The third-order valence-electron chi connectivity index (χ3n) is 3.75. The number of rotatable bonds is 6. The zero-order valence-corrected chi connectivity index (χ0v) is 15.2. The van der Waals surface area contributed by atoms with Crippen LogP contribution in [0.15, 0.2) is 54.0 Å². The van der Waals surface area contributed by atoms with Gasteiger partial charge in [-0.3, -0.25) is 20.2 Å². The van der Waals surface area contributed by atoms with Crippen LogP contribution in [0.2, 0.25) is 0 Å². The Balaban J connectivity index is 1.82. The number of nitrogens with zero attached hydrogens (tertiary/aromatic N) is 4. The van der Waals surface area contributed by atoms with Gasteiger partial charge in [0.25, 0.3) is 5.69 Å². The summed E-state index contributed by atoms with van der Waals surface area (Å²) in [6.07, 6.45) is 1.31. The number of hydrogen-bond donors (Lipinski definition) is 1. The predicted octanol–water partition coefficient (Wildman–Crippen LogP) is 4.74. The maximum absolute atomic E-state index is 13.4. The molecule has 0 saturated carbocycles. The van der Waals surface area contributed by atoms with Gasteiger partial charge in [-0.05, 0) is 24.3 Å². The Labute approximate surface area is 166 Å². The summed E-state index contributed by atoms with van der Waals surface area (Å²) in [5.41, 5.74) is 0.861. The van der Waals surface area contributed by atoms with E-state index < -0.39 is 21.4 Å². The van der Waals surface area contributed by atoms with Gasteiger partial charge < -0.3 is 5.32 Å². The summed E-state index contributed by atoms with van der Waals surface area (Å²) in [5.74, 6) is -0.960. The highest BCUT2D eigenvalue weighted by Crippen LogP contribution is 2.28. The molecule has 144 valence electrons. The molecule has 1 heterocycles. The second kappa shape index (κ2) is 8.24. The van der Waals surface area contributed by atoms with Crippen LogP contribution in [0.25, 0.3) is 16.8 Å². The Morgan fingerprint density at radius 3 is 2.52 bits per heavy atom. The molecule has 3 aromatic rings. The van der Waals surface area contributed by atoms with Gasteiger partial charge in [0.15, 0.2) is 0 Å². The van der Waals surface area contributed by atoms with E-state index in [1.165, 1.54) is 35.7 Å². The van der Waals surface area contributed by atoms with Crippen LogP contribution in [0.1, 0.15) is 5.01 Å². The van der Waals surface area contributed by atoms with E-state index in [1.807, 2.05) is 6.07 Å². The molecular weight excluding hydrogens is 401 g/mol. The fourth-order valence-corrected chi connectivity index (χ4v) is 3.12. The smallest absolute Gasteiger partial charge is 0.306 e. The van der Waals surface area contributed by atoms with Crippen molar-refractivity contribution >= 4 is 34.0 Å². The van der Waals surface area contributed by atoms with Gasteiger partial charge in [0.1, 0.15) is 16.6 Å². The monoisotopic (exact) mass is 411 g/mol. The van der Waals surface area contributed by atoms with Gasteiger partial charge in [0.2, 0.25) is 5.82 Å². The normalized spacial score (nSPS) is 11.0. The van der Waals surface area contributed by atoms with Crippen LogP contribution in [0.3, 0.4) is 0 Å². The molecule has 0 saturated heterocycles. The summed E-state index contributed by atoms with van der Waals surface area (Å²) < 4.78 is 13.4. The molecule has 0 fully saturated rings. The number of allylic oxidation sites excluding steroid dienone is 1. The molecule has 0 atom stereocenters. The van der Waals surface area contributed by atoms with Gasteiger partial charge in [-0.25, -0.2) is 4.98 Å². The summed E-state index contributed by atoms with van der Waals surface area (Å²) in [5, 5.41) is 35.7. The molecular formula is C18H10FN5O4S. The highest BCUT2D eigenvalue weighted by atomic mass is 32.1. The molecule has 0 aliphatic heterocycles. The van der Waals surface area contributed by atoms with Gasteiger partial charge >= 0.3 is 5.69 Å². The summed E-state index contributed by atoms with van der Waals surface area (Å²) in [4.78, 5) is 24.5. The lowest BCUT2D eigenvalue weighted by atomic mass is 10.1. The van der Waals surface area contributed by atoms with Crippen LogP contribution in [-0.4, -0.2) is 14.8 Å². The van der Waals surface area contributed by atoms with Crippen LogP contribution in [0, 0.1) is 37.4 Å². The number of halogens is 1. The van der Waals surface area contributed by atoms with Crippen molar-refractivity contribution in [3.8, 4) is 17.3 Å². The molecule has 0 radical (unpaired) electrons. The maximum atomic E-state index is 13.4. The van der Waals surface area contributed by atoms with E-state index in [0.29, 0.717) is 16.3 Å². The summed E-state index contributed by atoms with van der Waals surface area (Å²) >= 11 is 1.19. The predicted molar refractivity (Wildman–Crippen MR) is 104 cm³/mol. The lowest BCUT2D eigenvalue weighted by Crippen LogP contribution is -1.96. The van der Waals surface area contributed by atoms with E-state index >= 15 is 0 Å². The van der Waals surface area contributed by atoms with Crippen molar-refractivity contribution in [2.75, 3.05) is 5.32 Å². The molecule has 0 amide bonds. The summed E-state index contributed by atoms with van der Waals surface area (Å²) in [6.45, 7) is 0. The second-order valence-corrected chi connectivity index (χ2v) is 6.44. The van der Waals surface area contributed by atoms with E-state index in [-0.39, 0.29) is 16.9 Å². The van der Waals surface area contributed by atoms with Crippen molar-refractivity contribution in [3.63, 3.8) is 0 Å². The van der Waals surface area contributed by atoms with Crippen molar-refractivity contribution in [1.29, 1.82) is 5.26 Å². The minimum absolute atomic E-state index is 0.0422. The van der Waals surface area contributed by atoms with Crippen LogP contribution in [0.5, 0.6) is 0 Å². The van der Waals surface area contributed by atoms with Gasteiger partial charge in [-0.15, -0.1) is 11.3 Å². The molecule has 11 heteroatoms. The van der Waals surface area contributed by atoms with Crippen molar-refractivity contribution in [2.24, 2.45) is 0 Å². The summed E-state index contributed by atoms with van der Waals surface area (Å²) in [7, 11) is 0. The van der Waals surface area contributed by atoms with E-state index in [2.05, 4.69) is 10.3 Å². The van der Waals surface area contributed by atoms with Crippen LogP contribution in [-0.2, 0) is 0 Å². The molecule has 0 aliphatic carbocycles. The number of aromatic nitrogens is 1. The van der Waals surface area contributed by atoms with Crippen molar-refractivity contribution < 1.29 is 14.2 Å². The largest absolute Gasteiger partial charge is 0.360 e. The highest BCUT2D eigenvalue weighted by molar-refractivity contribution is 7.11. The number of anilines is 1. The van der Waals surface area contributed by atoms with Gasteiger partial charge in [-0.1, -0.05) is 0 Å². The van der Waals surface area contributed by atoms with E-state index in [9.17, 15) is 29.9 Å². The van der Waals surface area contributed by atoms with Crippen molar-refractivity contribution in [3.05, 3.63) is 85.1 Å². The topological polar surface area (TPSA) is 135 Å². The van der Waals surface area contributed by atoms with Crippen LogP contribution in [0.4, 0.5) is 21.5 Å². The van der Waals surface area contributed by atoms with Crippen molar-refractivity contribution in [2.45, 2.75) is 0 Å². The Morgan fingerprint density at radius 1 is 1.17 bits per heavy atom. The molecule has 0 bridgehead atoms. The Kier molecular flexibility index (Phi) is 5.56. The number of non-ortho nitro benzene ring substituents is 1. The average molecular weight is 411 g/mol. The SMILES string of the molecule is N#C/C(=C/Nc1ccc(F)c([N+](=O)[O-])c1)c1nc(-c2ccc([N+](=O)[O-])cc2)cs1. The number of nitro benzene ring substituents is 2. The van der Waals surface area contributed by atoms with E-state index in [1.54, 1.807) is 17.5 Å². The first-order valence-electron chi connectivity index (χ1n) is 7.90. The first-order chi connectivity index (χ1) is 13.9. The molecule has 1 N–H and O–H groups in total. The fraction of sp³-hybridized carbons (Fsp3) is 0. The van der Waals surface area contributed by atoms with Gasteiger partial charge in [-0.2, -0.15) is 9.65 Å². The maximum Gasteiger partial charge on any atom is 0.306 e. The van der Waals surface area contributed by atoms with E-state index in [0.717, 1.165) is 12.1 Å². The second-order valence-electron chi connectivity index (χ2n) is 5.58. The molecule has 0 aliphatic rings. The van der Waals surface area contributed by atoms with Crippen molar-refractivity contribution in [1.82, 2.24) is 4.98 Å². The van der Waals surface area contributed by atoms with E-state index in [4.69, 9.17) is 0 Å². The van der Waals surface area contributed by atoms with Crippen LogP contribution >= 0.6 is 11.3 Å². The number of nitrogens with one attached hydrogen (secondary N) is 1. The zero-order valence-electron chi connectivity index (χ0n) is 14.4. The average Bonchev–Trinajstić information content (AvgIpc) is 3.19. The highest BCUT2D eigenvalue weighted by Gasteiger charge is 2.15. The van der Waals surface area contributed by atoms with Crippen LogP contribution < -0.4 is 5.32 Å².